The molecule has 2 aliphatic rings. The lowest BCUT2D eigenvalue weighted by Crippen LogP contribution is -2.59. The molecule has 0 aromatic heterocycles. The van der Waals surface area contributed by atoms with Crippen LogP contribution in [0.2, 0.25) is 0 Å². The maximum absolute atomic E-state index is 14.1. The quantitative estimate of drug-likeness (QED) is 0.0561. The fourth-order valence-electron chi connectivity index (χ4n) is 6.86. The standard InChI is InChI=1S/C35H49F6NO7S3/c1-7-12-51-29(50)52-20-32(6,27(44)45)18-31(5,28(46)49-25(21(2)3)15-33(47,34(36,37)38)35(39,40)41)17-30(4,19-42)11-10-26(43)48-16-24-14-22-8-9-23(24)13-22/h8-9,21-25,47H,7,10-18,20H2,1-6H3,(H,44,45)/t22?,23?,24-,25?,30?,31?,32?/m0/s1. The highest BCUT2D eigenvalue weighted by Gasteiger charge is 2.71. The molecule has 0 heterocycles. The summed E-state index contributed by atoms with van der Waals surface area (Å²) in [7, 11) is 0. The Kier molecular flexibility index (Phi) is 16.0. The number of thioether (sulfide) groups is 2. The summed E-state index contributed by atoms with van der Waals surface area (Å²) in [5.74, 6) is -3.02. The molecule has 296 valence electrons. The monoisotopic (exact) mass is 805 g/mol. The summed E-state index contributed by atoms with van der Waals surface area (Å²) in [5.41, 5.74) is -10.5. The van der Waals surface area contributed by atoms with Crippen molar-refractivity contribution < 1.29 is 60.4 Å². The molecule has 1 fully saturated rings. The second kappa shape index (κ2) is 18.1. The molecule has 0 saturated heterocycles. The fourth-order valence-corrected chi connectivity index (χ4v) is 9.08. The number of alkyl halides is 6. The zero-order valence-corrected chi connectivity index (χ0v) is 32.6. The van der Waals surface area contributed by atoms with Crippen LogP contribution in [0.3, 0.4) is 0 Å². The number of aliphatic hydroxyl groups is 1. The van der Waals surface area contributed by atoms with Gasteiger partial charge in [0.15, 0.2) is 0 Å². The van der Waals surface area contributed by atoms with Crippen LogP contribution < -0.4 is 0 Å². The summed E-state index contributed by atoms with van der Waals surface area (Å²) in [6.07, 6.45) is -11.1. The van der Waals surface area contributed by atoms with Gasteiger partial charge in [0, 0.05) is 18.6 Å². The van der Waals surface area contributed by atoms with Crippen LogP contribution in [0, 0.1) is 51.2 Å². The zero-order chi connectivity index (χ0) is 39.9. The number of esters is 2. The van der Waals surface area contributed by atoms with Crippen molar-refractivity contribution in [3.05, 3.63) is 12.2 Å². The van der Waals surface area contributed by atoms with Gasteiger partial charge in [-0.3, -0.25) is 14.4 Å². The summed E-state index contributed by atoms with van der Waals surface area (Å²) in [6, 6.07) is 2.07. The molecule has 0 aromatic rings. The Bertz CT molecular complexity index is 1360. The Balaban J connectivity index is 2.41. The summed E-state index contributed by atoms with van der Waals surface area (Å²) in [5, 5.41) is 30.6. The van der Waals surface area contributed by atoms with E-state index in [0.717, 1.165) is 31.0 Å². The van der Waals surface area contributed by atoms with Crippen LogP contribution in [0.1, 0.15) is 92.9 Å². The second-order valence-electron chi connectivity index (χ2n) is 15.3. The molecular weight excluding hydrogens is 757 g/mol. The van der Waals surface area contributed by atoms with Crippen LogP contribution in [0.25, 0.3) is 0 Å². The van der Waals surface area contributed by atoms with Crippen molar-refractivity contribution in [3.8, 4) is 6.07 Å². The molecule has 2 aliphatic carbocycles. The third kappa shape index (κ3) is 12.0. The smallest absolute Gasteiger partial charge is 0.426 e. The molecular formula is C35H49F6NO7S3. The lowest BCUT2D eigenvalue weighted by molar-refractivity contribution is -0.374. The van der Waals surface area contributed by atoms with E-state index >= 15 is 0 Å². The molecule has 6 unspecified atom stereocenters. The predicted molar refractivity (Wildman–Crippen MR) is 190 cm³/mol. The summed E-state index contributed by atoms with van der Waals surface area (Å²) >= 11 is 7.71. The highest BCUT2D eigenvalue weighted by Crippen LogP contribution is 2.50. The van der Waals surface area contributed by atoms with Crippen molar-refractivity contribution in [2.75, 3.05) is 18.1 Å². The van der Waals surface area contributed by atoms with Gasteiger partial charge in [0.25, 0.3) is 5.60 Å². The van der Waals surface area contributed by atoms with Crippen molar-refractivity contribution in [1.29, 1.82) is 5.26 Å². The third-order valence-corrected chi connectivity index (χ3v) is 13.2. The van der Waals surface area contributed by atoms with E-state index in [1.807, 2.05) is 6.92 Å². The van der Waals surface area contributed by atoms with Gasteiger partial charge in [-0.2, -0.15) is 31.6 Å². The molecule has 0 radical (unpaired) electrons. The van der Waals surface area contributed by atoms with Crippen LogP contribution in [0.15, 0.2) is 12.2 Å². The first-order valence-electron chi connectivity index (χ1n) is 17.1. The number of rotatable bonds is 19. The van der Waals surface area contributed by atoms with Gasteiger partial charge in [-0.25, -0.2) is 0 Å². The molecule has 17 heteroatoms. The number of carbonyl (C=O) groups excluding carboxylic acids is 2. The number of allylic oxidation sites excluding steroid dienone is 2. The van der Waals surface area contributed by atoms with Crippen LogP contribution >= 0.6 is 35.7 Å². The third-order valence-electron chi connectivity index (χ3n) is 9.96. The molecule has 52 heavy (non-hydrogen) atoms. The number of aliphatic carboxylic acids is 1. The van der Waals surface area contributed by atoms with Gasteiger partial charge in [-0.1, -0.05) is 45.1 Å². The molecule has 0 amide bonds. The molecule has 8 nitrogen and oxygen atoms in total. The molecule has 2 N–H and O–H groups in total. The van der Waals surface area contributed by atoms with E-state index in [9.17, 15) is 56.2 Å². The predicted octanol–water partition coefficient (Wildman–Crippen LogP) is 8.90. The van der Waals surface area contributed by atoms with E-state index in [0.29, 0.717) is 21.1 Å². The Morgan fingerprint density at radius 2 is 1.62 bits per heavy atom. The SMILES string of the molecule is CCCSC(=S)SCC(C)(CC(C)(CC(C)(C#N)CCC(=O)OC[C@@H]1CC2C=CC1C2)C(=O)OC(CC(O)(C(F)(F)F)C(F)(F)F)C(C)C)C(=O)O. The average molecular weight is 806 g/mol. The molecule has 7 atom stereocenters. The van der Waals surface area contributed by atoms with Crippen LogP contribution in [-0.4, -0.2) is 73.8 Å². The van der Waals surface area contributed by atoms with Gasteiger partial charge in [-0.15, -0.1) is 23.5 Å². The summed E-state index contributed by atoms with van der Waals surface area (Å²) in [4.78, 5) is 39.6. The van der Waals surface area contributed by atoms with Crippen molar-refractivity contribution in [3.63, 3.8) is 0 Å². The summed E-state index contributed by atoms with van der Waals surface area (Å²) in [6.45, 7) is 8.50. The Hall–Kier alpha value is -2.03. The number of carbonyl (C=O) groups is 3. The highest BCUT2D eigenvalue weighted by molar-refractivity contribution is 8.47. The van der Waals surface area contributed by atoms with Gasteiger partial charge < -0.3 is 19.7 Å². The zero-order valence-electron chi connectivity index (χ0n) is 30.2. The van der Waals surface area contributed by atoms with E-state index in [1.165, 1.54) is 46.4 Å². The number of hydrogen-bond donors (Lipinski definition) is 2. The highest BCUT2D eigenvalue weighted by atomic mass is 32.2. The number of nitriles is 1. The number of ether oxygens (including phenoxy) is 2. The number of carboxylic acid groups (broad SMARTS) is 1. The molecule has 0 spiro atoms. The van der Waals surface area contributed by atoms with Crippen molar-refractivity contribution in [2.24, 2.45) is 39.9 Å². The molecule has 2 bridgehead atoms. The van der Waals surface area contributed by atoms with E-state index in [4.69, 9.17) is 21.7 Å². The Morgan fingerprint density at radius 3 is 2.08 bits per heavy atom. The minimum atomic E-state index is -6.18. The molecule has 1 saturated carbocycles. The topological polar surface area (TPSA) is 134 Å². The van der Waals surface area contributed by atoms with Gasteiger partial charge in [-0.05, 0) is 88.7 Å². The number of carboxylic acids is 1. The first kappa shape index (κ1) is 46.1. The van der Waals surface area contributed by atoms with Crippen molar-refractivity contribution in [2.45, 2.75) is 117 Å². The molecule has 2 rings (SSSR count). The number of hydrogen-bond acceptors (Lipinski definition) is 10. The van der Waals surface area contributed by atoms with E-state index in [-0.39, 0.29) is 31.1 Å². The van der Waals surface area contributed by atoms with E-state index < -0.39 is 83.4 Å². The lowest BCUT2D eigenvalue weighted by Gasteiger charge is -2.41. The van der Waals surface area contributed by atoms with Gasteiger partial charge in [0.2, 0.25) is 0 Å². The summed E-state index contributed by atoms with van der Waals surface area (Å²) < 4.78 is 93.3. The van der Waals surface area contributed by atoms with Crippen LogP contribution in [-0.2, 0) is 23.9 Å². The fraction of sp³-hybridized carbons (Fsp3) is 0.800. The minimum Gasteiger partial charge on any atom is -0.481 e. The first-order chi connectivity index (χ1) is 23.7. The number of thiocarbonyl (C=S) groups is 1. The minimum absolute atomic E-state index is 0.159. The van der Waals surface area contributed by atoms with E-state index in [2.05, 4.69) is 18.2 Å². The number of nitrogens with zero attached hydrogens (tertiary/aromatic N) is 1. The Labute approximate surface area is 315 Å². The number of halogens is 6. The maximum Gasteiger partial charge on any atom is 0.426 e. The molecule has 0 aliphatic heterocycles. The lowest BCUT2D eigenvalue weighted by atomic mass is 9.65. The Morgan fingerprint density at radius 1 is 1.00 bits per heavy atom. The van der Waals surface area contributed by atoms with Gasteiger partial charge in [0.1, 0.15) is 9.63 Å². The maximum atomic E-state index is 14.1. The number of fused-ring (bicyclic) bond motifs is 2. The van der Waals surface area contributed by atoms with E-state index in [1.54, 1.807) is 0 Å². The van der Waals surface area contributed by atoms with Gasteiger partial charge in [0.05, 0.1) is 28.9 Å². The second-order valence-corrected chi connectivity index (χ2v) is 18.6. The first-order valence-corrected chi connectivity index (χ1v) is 19.5. The van der Waals surface area contributed by atoms with Gasteiger partial charge >= 0.3 is 30.3 Å². The normalized spacial score (nSPS) is 22.9. The van der Waals surface area contributed by atoms with Crippen LogP contribution in [0.4, 0.5) is 26.3 Å². The van der Waals surface area contributed by atoms with Crippen molar-refractivity contribution >= 4 is 57.2 Å². The van der Waals surface area contributed by atoms with Crippen LogP contribution in [0.5, 0.6) is 0 Å². The molecule has 0 aromatic carbocycles. The largest absolute Gasteiger partial charge is 0.481 e. The average Bonchev–Trinajstić information content (AvgIpc) is 3.66. The van der Waals surface area contributed by atoms with Crippen molar-refractivity contribution in [1.82, 2.24) is 0 Å².